The molecule has 0 saturated heterocycles. The minimum absolute atomic E-state index is 0.409. The zero-order valence-electron chi connectivity index (χ0n) is 7.18. The number of hydrogen-bond acceptors (Lipinski definition) is 3. The standard InChI is InChI=1S/C9H8FN3O/c10-8-1-6(2-11-5-8)9(14)7-3-12-13-4-7/h1-5,9,14H,(H,12,13). The zero-order chi connectivity index (χ0) is 9.97. The molecule has 0 saturated carbocycles. The maximum Gasteiger partial charge on any atom is 0.141 e. The lowest BCUT2D eigenvalue weighted by molar-refractivity contribution is 0.219. The van der Waals surface area contributed by atoms with E-state index in [9.17, 15) is 9.50 Å². The first-order valence-corrected chi connectivity index (χ1v) is 4.04. The molecule has 1 unspecified atom stereocenters. The Balaban J connectivity index is 2.32. The summed E-state index contributed by atoms with van der Waals surface area (Å²) in [5, 5.41) is 16.0. The molecule has 5 heteroatoms. The van der Waals surface area contributed by atoms with Gasteiger partial charge in [-0.3, -0.25) is 10.1 Å². The van der Waals surface area contributed by atoms with Crippen molar-refractivity contribution in [2.75, 3.05) is 0 Å². The second-order valence-electron chi connectivity index (χ2n) is 2.87. The molecule has 0 spiro atoms. The number of rotatable bonds is 2. The predicted molar refractivity (Wildman–Crippen MR) is 46.8 cm³/mol. The Morgan fingerprint density at radius 2 is 2.14 bits per heavy atom. The second-order valence-corrected chi connectivity index (χ2v) is 2.87. The zero-order valence-corrected chi connectivity index (χ0v) is 7.18. The van der Waals surface area contributed by atoms with Gasteiger partial charge >= 0.3 is 0 Å². The summed E-state index contributed by atoms with van der Waals surface area (Å²) in [7, 11) is 0. The maximum atomic E-state index is 12.8. The summed E-state index contributed by atoms with van der Waals surface area (Å²) in [6, 6.07) is 1.24. The first kappa shape index (κ1) is 8.83. The lowest BCUT2D eigenvalue weighted by atomic mass is 10.1. The smallest absolute Gasteiger partial charge is 0.141 e. The summed E-state index contributed by atoms with van der Waals surface area (Å²) in [6.45, 7) is 0. The Hall–Kier alpha value is -1.75. The maximum absolute atomic E-state index is 12.8. The molecular formula is C9H8FN3O. The van der Waals surface area contributed by atoms with Crippen LogP contribution in [0.4, 0.5) is 4.39 Å². The molecule has 0 fully saturated rings. The Bertz CT molecular complexity index is 416. The fourth-order valence-corrected chi connectivity index (χ4v) is 1.18. The molecule has 0 bridgehead atoms. The van der Waals surface area contributed by atoms with E-state index in [-0.39, 0.29) is 0 Å². The van der Waals surface area contributed by atoms with Gasteiger partial charge in [0.25, 0.3) is 0 Å². The summed E-state index contributed by atoms with van der Waals surface area (Å²) < 4.78 is 12.8. The molecule has 1 atom stereocenters. The molecule has 4 nitrogen and oxygen atoms in total. The van der Waals surface area contributed by atoms with Crippen LogP contribution >= 0.6 is 0 Å². The number of aliphatic hydroxyl groups excluding tert-OH is 1. The van der Waals surface area contributed by atoms with E-state index in [1.54, 1.807) is 6.20 Å². The fraction of sp³-hybridized carbons (Fsp3) is 0.111. The highest BCUT2D eigenvalue weighted by Crippen LogP contribution is 2.19. The van der Waals surface area contributed by atoms with Gasteiger partial charge in [0.15, 0.2) is 0 Å². The molecule has 0 aliphatic heterocycles. The molecule has 2 N–H and O–H groups in total. The third-order valence-electron chi connectivity index (χ3n) is 1.88. The first-order chi connectivity index (χ1) is 6.77. The van der Waals surface area contributed by atoms with Crippen LogP contribution in [0.5, 0.6) is 0 Å². The van der Waals surface area contributed by atoms with Crippen LogP contribution in [0.3, 0.4) is 0 Å². The van der Waals surface area contributed by atoms with Crippen molar-refractivity contribution in [2.45, 2.75) is 6.10 Å². The van der Waals surface area contributed by atoms with Gasteiger partial charge < -0.3 is 5.11 Å². The third kappa shape index (κ3) is 1.62. The van der Waals surface area contributed by atoms with Gasteiger partial charge in [-0.25, -0.2) is 4.39 Å². The van der Waals surface area contributed by atoms with Crippen molar-refractivity contribution in [2.24, 2.45) is 0 Å². The van der Waals surface area contributed by atoms with Gasteiger partial charge in [-0.05, 0) is 6.07 Å². The molecular weight excluding hydrogens is 185 g/mol. The molecule has 0 aliphatic carbocycles. The van der Waals surface area contributed by atoms with Gasteiger partial charge in [0.2, 0.25) is 0 Å². The molecule has 2 rings (SSSR count). The van der Waals surface area contributed by atoms with Crippen LogP contribution in [0.2, 0.25) is 0 Å². The summed E-state index contributed by atoms with van der Waals surface area (Å²) in [5.41, 5.74) is 0.990. The number of aliphatic hydroxyl groups is 1. The fourth-order valence-electron chi connectivity index (χ4n) is 1.18. The van der Waals surface area contributed by atoms with E-state index < -0.39 is 11.9 Å². The van der Waals surface area contributed by atoms with E-state index >= 15 is 0 Å². The van der Waals surface area contributed by atoms with Crippen molar-refractivity contribution < 1.29 is 9.50 Å². The topological polar surface area (TPSA) is 61.8 Å². The average molecular weight is 193 g/mol. The number of halogens is 1. The number of nitrogens with zero attached hydrogens (tertiary/aromatic N) is 2. The first-order valence-electron chi connectivity index (χ1n) is 4.04. The second kappa shape index (κ2) is 3.55. The van der Waals surface area contributed by atoms with Crippen LogP contribution < -0.4 is 0 Å². The summed E-state index contributed by atoms with van der Waals surface area (Å²) in [4.78, 5) is 3.65. The number of nitrogens with one attached hydrogen (secondary N) is 1. The van der Waals surface area contributed by atoms with Gasteiger partial charge in [-0.15, -0.1) is 0 Å². The molecule has 2 aromatic rings. The third-order valence-corrected chi connectivity index (χ3v) is 1.88. The van der Waals surface area contributed by atoms with Crippen molar-refractivity contribution in [3.8, 4) is 0 Å². The van der Waals surface area contributed by atoms with Gasteiger partial charge in [-0.2, -0.15) is 5.10 Å². The minimum Gasteiger partial charge on any atom is -0.383 e. The molecule has 72 valence electrons. The van der Waals surface area contributed by atoms with Crippen LogP contribution in [0.1, 0.15) is 17.2 Å². The van der Waals surface area contributed by atoms with E-state index in [1.165, 1.54) is 18.5 Å². The van der Waals surface area contributed by atoms with E-state index in [0.29, 0.717) is 11.1 Å². The number of aromatic nitrogens is 3. The Labute approximate surface area is 79.4 Å². The van der Waals surface area contributed by atoms with E-state index in [2.05, 4.69) is 15.2 Å². The van der Waals surface area contributed by atoms with Gasteiger partial charge in [0.05, 0.1) is 12.4 Å². The molecule has 0 aromatic carbocycles. The normalized spacial score (nSPS) is 12.7. The Morgan fingerprint density at radius 3 is 2.79 bits per heavy atom. The molecule has 0 aliphatic rings. The largest absolute Gasteiger partial charge is 0.383 e. The van der Waals surface area contributed by atoms with Gasteiger partial charge in [0, 0.05) is 23.5 Å². The Morgan fingerprint density at radius 1 is 1.29 bits per heavy atom. The van der Waals surface area contributed by atoms with Crippen molar-refractivity contribution in [3.63, 3.8) is 0 Å². The van der Waals surface area contributed by atoms with Gasteiger partial charge in [-0.1, -0.05) is 0 Å². The molecule has 0 amide bonds. The van der Waals surface area contributed by atoms with Gasteiger partial charge in [0.1, 0.15) is 11.9 Å². The minimum atomic E-state index is -0.892. The summed E-state index contributed by atoms with van der Waals surface area (Å²) >= 11 is 0. The lowest BCUT2D eigenvalue weighted by Gasteiger charge is -2.07. The van der Waals surface area contributed by atoms with Crippen LogP contribution in [0, 0.1) is 5.82 Å². The highest BCUT2D eigenvalue weighted by atomic mass is 19.1. The van der Waals surface area contributed by atoms with E-state index in [0.717, 1.165) is 6.20 Å². The number of H-pyrrole nitrogens is 1. The van der Waals surface area contributed by atoms with Crippen LogP contribution in [-0.2, 0) is 0 Å². The molecule has 2 heterocycles. The Kier molecular flexibility index (Phi) is 2.24. The number of aromatic amines is 1. The summed E-state index contributed by atoms with van der Waals surface area (Å²) in [6.07, 6.45) is 4.65. The van der Waals surface area contributed by atoms with E-state index in [1.807, 2.05) is 0 Å². The van der Waals surface area contributed by atoms with Crippen LogP contribution in [0.25, 0.3) is 0 Å². The quantitative estimate of drug-likeness (QED) is 0.748. The van der Waals surface area contributed by atoms with Crippen molar-refractivity contribution >= 4 is 0 Å². The van der Waals surface area contributed by atoms with Crippen molar-refractivity contribution in [1.82, 2.24) is 15.2 Å². The SMILES string of the molecule is OC(c1cn[nH]c1)c1cncc(F)c1. The average Bonchev–Trinajstić information content (AvgIpc) is 2.69. The van der Waals surface area contributed by atoms with Crippen molar-refractivity contribution in [3.05, 3.63) is 47.8 Å². The highest BCUT2D eigenvalue weighted by Gasteiger charge is 2.11. The van der Waals surface area contributed by atoms with Crippen LogP contribution in [-0.4, -0.2) is 20.3 Å². The highest BCUT2D eigenvalue weighted by molar-refractivity contribution is 5.24. The lowest BCUT2D eigenvalue weighted by Crippen LogP contribution is -1.99. The summed E-state index contributed by atoms with van der Waals surface area (Å²) in [5.74, 6) is -0.468. The predicted octanol–water partition coefficient (Wildman–Crippen LogP) is 1.03. The van der Waals surface area contributed by atoms with Crippen LogP contribution in [0.15, 0.2) is 30.9 Å². The molecule has 0 radical (unpaired) electrons. The number of hydrogen-bond donors (Lipinski definition) is 2. The molecule has 14 heavy (non-hydrogen) atoms. The molecule has 2 aromatic heterocycles. The monoisotopic (exact) mass is 193 g/mol. The number of pyridine rings is 1. The van der Waals surface area contributed by atoms with E-state index in [4.69, 9.17) is 0 Å². The van der Waals surface area contributed by atoms with Crippen molar-refractivity contribution in [1.29, 1.82) is 0 Å².